The molecule has 36 heavy (non-hydrogen) atoms. The molecule has 1 amide bonds. The first-order valence-electron chi connectivity index (χ1n) is 12.4. The molecule has 1 aliphatic carbocycles. The Morgan fingerprint density at radius 2 is 2.08 bits per heavy atom. The molecule has 3 aromatic rings. The number of furan rings is 1. The van der Waals surface area contributed by atoms with Gasteiger partial charge in [-0.05, 0) is 43.2 Å². The van der Waals surface area contributed by atoms with Crippen LogP contribution in [0.15, 0.2) is 47.2 Å². The van der Waals surface area contributed by atoms with Crippen LogP contribution in [0.2, 0.25) is 0 Å². The Balaban J connectivity index is 1.42. The lowest BCUT2D eigenvalue weighted by Gasteiger charge is -2.30. The van der Waals surface area contributed by atoms with Crippen LogP contribution in [-0.4, -0.2) is 48.4 Å². The molecule has 0 unspecified atom stereocenters. The summed E-state index contributed by atoms with van der Waals surface area (Å²) in [6.45, 7) is 0.639. The lowest BCUT2D eigenvalue weighted by Crippen LogP contribution is -2.34. The molecule has 0 spiro atoms. The van der Waals surface area contributed by atoms with E-state index in [4.69, 9.17) is 14.1 Å². The summed E-state index contributed by atoms with van der Waals surface area (Å²) in [6.07, 6.45) is 9.20. The maximum Gasteiger partial charge on any atom is 0.229 e. The number of nitrogens with one attached hydrogen (secondary N) is 1. The topological polar surface area (TPSA) is 101 Å². The summed E-state index contributed by atoms with van der Waals surface area (Å²) in [4.78, 5) is 38.7. The number of aromatic nitrogens is 2. The lowest BCUT2D eigenvalue weighted by atomic mass is 10.0. The molecule has 0 atom stereocenters. The molecule has 3 heterocycles. The third-order valence-corrected chi connectivity index (χ3v) is 7.04. The van der Waals surface area contributed by atoms with Gasteiger partial charge in [-0.3, -0.25) is 9.59 Å². The summed E-state index contributed by atoms with van der Waals surface area (Å²) in [7, 11) is 3.36. The smallest absolute Gasteiger partial charge is 0.229 e. The van der Waals surface area contributed by atoms with Crippen LogP contribution in [0.25, 0.3) is 0 Å². The van der Waals surface area contributed by atoms with Crippen LogP contribution < -0.4 is 19.9 Å². The van der Waals surface area contributed by atoms with Crippen molar-refractivity contribution in [2.45, 2.75) is 51.0 Å². The van der Waals surface area contributed by atoms with Crippen molar-refractivity contribution in [1.82, 2.24) is 9.97 Å². The van der Waals surface area contributed by atoms with Crippen LogP contribution in [0.4, 0.5) is 23.1 Å². The summed E-state index contributed by atoms with van der Waals surface area (Å²) in [5.41, 5.74) is 1.88. The number of carbonyl (C=O) groups is 2. The van der Waals surface area contributed by atoms with Crippen LogP contribution in [0.3, 0.4) is 0 Å². The van der Waals surface area contributed by atoms with Crippen molar-refractivity contribution in [3.8, 4) is 5.75 Å². The van der Waals surface area contributed by atoms with Crippen molar-refractivity contribution >= 4 is 34.8 Å². The van der Waals surface area contributed by atoms with Gasteiger partial charge in [-0.15, -0.1) is 0 Å². The number of hydrogen-bond donors (Lipinski definition) is 1. The minimum absolute atomic E-state index is 0.00694. The van der Waals surface area contributed by atoms with Crippen LogP contribution in [-0.2, 0) is 11.2 Å². The second kappa shape index (κ2) is 10.4. The molecule has 2 aromatic heterocycles. The fourth-order valence-electron chi connectivity index (χ4n) is 5.01. The number of methoxy groups -OCH3 is 1. The van der Waals surface area contributed by atoms with Crippen LogP contribution in [0.1, 0.15) is 54.6 Å². The van der Waals surface area contributed by atoms with Gasteiger partial charge in [0.2, 0.25) is 11.9 Å². The zero-order valence-electron chi connectivity index (χ0n) is 20.7. The Morgan fingerprint density at radius 1 is 1.25 bits per heavy atom. The van der Waals surface area contributed by atoms with Gasteiger partial charge in [-0.25, -0.2) is 4.98 Å². The van der Waals surface area contributed by atoms with E-state index in [0.29, 0.717) is 60.5 Å². The highest BCUT2D eigenvalue weighted by atomic mass is 16.5. The molecule has 0 radical (unpaired) electrons. The molecule has 1 aromatic carbocycles. The first-order valence-corrected chi connectivity index (χ1v) is 12.4. The first kappa shape index (κ1) is 23.8. The minimum Gasteiger partial charge on any atom is -0.495 e. The average molecular weight is 490 g/mol. The number of rotatable bonds is 8. The molecule has 9 nitrogen and oxygen atoms in total. The van der Waals surface area contributed by atoms with Gasteiger partial charge in [0.25, 0.3) is 0 Å². The zero-order valence-corrected chi connectivity index (χ0v) is 20.7. The second-order valence-corrected chi connectivity index (χ2v) is 9.28. The van der Waals surface area contributed by atoms with E-state index in [1.54, 1.807) is 49.7 Å². The largest absolute Gasteiger partial charge is 0.495 e. The van der Waals surface area contributed by atoms with Crippen LogP contribution in [0.5, 0.6) is 5.75 Å². The van der Waals surface area contributed by atoms with Crippen molar-refractivity contribution in [3.05, 3.63) is 54.1 Å². The molecule has 188 valence electrons. The number of ketones is 1. The fraction of sp³-hybridized carbons (Fsp3) is 0.407. The number of aryl methyl sites for hydroxylation is 1. The van der Waals surface area contributed by atoms with Gasteiger partial charge in [0.1, 0.15) is 17.2 Å². The van der Waals surface area contributed by atoms with E-state index in [2.05, 4.69) is 15.2 Å². The summed E-state index contributed by atoms with van der Waals surface area (Å²) in [5, 5.41) is 3.25. The number of ether oxygens (including phenoxy) is 1. The van der Waals surface area contributed by atoms with E-state index < -0.39 is 0 Å². The number of benzene rings is 1. The van der Waals surface area contributed by atoms with Crippen molar-refractivity contribution in [2.75, 3.05) is 35.8 Å². The second-order valence-electron chi connectivity index (χ2n) is 9.28. The molecule has 0 saturated heterocycles. The lowest BCUT2D eigenvalue weighted by molar-refractivity contribution is -0.118. The van der Waals surface area contributed by atoms with Gasteiger partial charge in [0.05, 0.1) is 25.3 Å². The third-order valence-electron chi connectivity index (χ3n) is 7.04. The number of fused-ring (bicyclic) bond motifs is 1. The first-order chi connectivity index (χ1) is 17.5. The molecule has 1 saturated carbocycles. The average Bonchev–Trinajstić information content (AvgIpc) is 3.60. The van der Waals surface area contributed by atoms with Gasteiger partial charge in [-0.1, -0.05) is 12.8 Å². The van der Waals surface area contributed by atoms with E-state index in [9.17, 15) is 9.59 Å². The van der Waals surface area contributed by atoms with Gasteiger partial charge in [0.15, 0.2) is 11.6 Å². The molecular formula is C27H31N5O4. The summed E-state index contributed by atoms with van der Waals surface area (Å²) >= 11 is 0. The van der Waals surface area contributed by atoms with Crippen LogP contribution >= 0.6 is 0 Å². The number of amides is 1. The zero-order chi connectivity index (χ0) is 25.1. The SMILES string of the molecule is COc1ccc(C(=O)CCc2ccco2)cc1Nc1ncc2c(n1)N(C1CCCC1)CCC(=O)N2C. The Hall–Kier alpha value is -3.88. The highest BCUT2D eigenvalue weighted by molar-refractivity contribution is 5.98. The van der Waals surface area contributed by atoms with Crippen molar-refractivity contribution in [3.63, 3.8) is 0 Å². The molecular weight excluding hydrogens is 458 g/mol. The maximum absolute atomic E-state index is 12.8. The number of carbonyl (C=O) groups excluding carboxylic acids is 2. The Bertz CT molecular complexity index is 1240. The molecule has 5 rings (SSSR count). The monoisotopic (exact) mass is 489 g/mol. The van der Waals surface area contributed by atoms with Crippen molar-refractivity contribution in [1.29, 1.82) is 0 Å². The molecule has 1 N–H and O–H groups in total. The van der Waals surface area contributed by atoms with Gasteiger partial charge in [0, 0.05) is 44.5 Å². The van der Waals surface area contributed by atoms with E-state index >= 15 is 0 Å². The number of anilines is 4. The highest BCUT2D eigenvalue weighted by Crippen LogP contribution is 2.37. The fourth-order valence-corrected chi connectivity index (χ4v) is 5.01. The standard InChI is InChI=1S/C27H31N5O4/c1-31-22-17-28-27(30-26(22)32(14-13-25(31)34)19-6-3-4-7-19)29-21-16-18(9-12-24(21)35-2)23(33)11-10-20-8-5-15-36-20/h5,8-9,12,15-17,19H,3-4,6-7,10-11,13-14H2,1-2H3,(H,28,29,30). The van der Waals surface area contributed by atoms with E-state index in [0.717, 1.165) is 24.4 Å². The van der Waals surface area contributed by atoms with Gasteiger partial charge < -0.3 is 24.3 Å². The predicted octanol–water partition coefficient (Wildman–Crippen LogP) is 4.75. The Morgan fingerprint density at radius 3 is 2.83 bits per heavy atom. The number of Topliss-reactive ketones (excluding diaryl/α,β-unsaturated/α-hetero) is 1. The van der Waals surface area contributed by atoms with E-state index in [1.165, 1.54) is 12.8 Å². The quantitative estimate of drug-likeness (QED) is 0.452. The third kappa shape index (κ3) is 4.91. The van der Waals surface area contributed by atoms with Crippen LogP contribution in [0, 0.1) is 0 Å². The molecule has 2 aliphatic rings. The number of nitrogens with zero attached hydrogens (tertiary/aromatic N) is 4. The van der Waals surface area contributed by atoms with E-state index in [-0.39, 0.29) is 11.7 Å². The van der Waals surface area contributed by atoms with Gasteiger partial charge >= 0.3 is 0 Å². The van der Waals surface area contributed by atoms with Crippen molar-refractivity contribution < 1.29 is 18.7 Å². The molecule has 0 bridgehead atoms. The summed E-state index contributed by atoms with van der Waals surface area (Å²) < 4.78 is 10.9. The Kier molecular flexibility index (Phi) is 6.88. The number of hydrogen-bond acceptors (Lipinski definition) is 8. The normalized spacial score (nSPS) is 16.1. The van der Waals surface area contributed by atoms with Gasteiger partial charge in [-0.2, -0.15) is 4.98 Å². The summed E-state index contributed by atoms with van der Waals surface area (Å²) in [5.74, 6) is 2.58. The van der Waals surface area contributed by atoms with E-state index in [1.807, 2.05) is 12.1 Å². The van der Waals surface area contributed by atoms with Crippen molar-refractivity contribution in [2.24, 2.45) is 0 Å². The molecule has 1 fully saturated rings. The summed E-state index contributed by atoms with van der Waals surface area (Å²) in [6, 6.07) is 9.34. The molecule has 1 aliphatic heterocycles. The molecule has 9 heteroatoms. The minimum atomic E-state index is 0.00694. The Labute approximate surface area is 210 Å². The predicted molar refractivity (Wildman–Crippen MR) is 137 cm³/mol. The highest BCUT2D eigenvalue weighted by Gasteiger charge is 2.31. The maximum atomic E-state index is 12.8.